The fraction of sp³-hybridized carbons (Fsp3) is 0.429. The van der Waals surface area contributed by atoms with Crippen molar-refractivity contribution < 1.29 is 4.79 Å². The molecule has 25 heavy (non-hydrogen) atoms. The zero-order valence-electron chi connectivity index (χ0n) is 15.7. The zero-order valence-corrected chi connectivity index (χ0v) is 15.7. The molecule has 0 saturated heterocycles. The van der Waals surface area contributed by atoms with Crippen molar-refractivity contribution in [1.82, 2.24) is 15.2 Å². The summed E-state index contributed by atoms with van der Waals surface area (Å²) in [6.45, 7) is 5.97. The Morgan fingerprint density at radius 3 is 2.32 bits per heavy atom. The summed E-state index contributed by atoms with van der Waals surface area (Å²) in [6, 6.07) is 14.0. The van der Waals surface area contributed by atoms with Crippen molar-refractivity contribution >= 4 is 5.91 Å². The molecule has 1 amide bonds. The fourth-order valence-electron chi connectivity index (χ4n) is 2.79. The number of benzene rings is 1. The average molecular weight is 339 g/mol. The molecule has 1 atom stereocenters. The van der Waals surface area contributed by atoms with Gasteiger partial charge in [0.05, 0.1) is 5.69 Å². The van der Waals surface area contributed by atoms with E-state index in [1.54, 1.807) is 6.20 Å². The maximum Gasteiger partial charge on any atom is 0.233 e. The highest BCUT2D eigenvalue weighted by Gasteiger charge is 2.23. The van der Waals surface area contributed by atoms with Gasteiger partial charge >= 0.3 is 0 Å². The van der Waals surface area contributed by atoms with Gasteiger partial charge in [0.25, 0.3) is 0 Å². The SMILES string of the molecule is CC(C)c1ccc(C(C(=O)NCCCN(C)C)c2ccccn2)cc1. The molecule has 1 unspecified atom stereocenters. The fourth-order valence-corrected chi connectivity index (χ4v) is 2.79. The standard InChI is InChI=1S/C21H29N3O/c1-16(2)17-9-11-18(12-10-17)20(19-8-5-6-13-22-19)21(25)23-14-7-15-24(3)4/h5-6,8-13,16,20H,7,14-15H2,1-4H3,(H,23,25). The number of carbonyl (C=O) groups is 1. The summed E-state index contributed by atoms with van der Waals surface area (Å²) in [5.74, 6) is 0.110. The van der Waals surface area contributed by atoms with Gasteiger partial charge in [-0.1, -0.05) is 44.2 Å². The van der Waals surface area contributed by atoms with Crippen LogP contribution in [0.4, 0.5) is 0 Å². The summed E-state index contributed by atoms with van der Waals surface area (Å²) in [6.07, 6.45) is 2.67. The largest absolute Gasteiger partial charge is 0.355 e. The van der Waals surface area contributed by atoms with Gasteiger partial charge in [-0.05, 0) is 56.2 Å². The van der Waals surface area contributed by atoms with Crippen LogP contribution in [-0.4, -0.2) is 43.0 Å². The van der Waals surface area contributed by atoms with E-state index < -0.39 is 0 Å². The lowest BCUT2D eigenvalue weighted by Crippen LogP contribution is -2.32. The third kappa shape index (κ3) is 5.68. The second kappa shape index (κ2) is 9.33. The number of nitrogens with one attached hydrogen (secondary N) is 1. The zero-order chi connectivity index (χ0) is 18.2. The van der Waals surface area contributed by atoms with Crippen LogP contribution in [0.1, 0.15) is 48.9 Å². The molecule has 1 aromatic heterocycles. The van der Waals surface area contributed by atoms with Gasteiger partial charge in [-0.3, -0.25) is 9.78 Å². The van der Waals surface area contributed by atoms with Gasteiger partial charge in [0.2, 0.25) is 5.91 Å². The summed E-state index contributed by atoms with van der Waals surface area (Å²) in [4.78, 5) is 19.4. The van der Waals surface area contributed by atoms with E-state index in [1.165, 1.54) is 5.56 Å². The van der Waals surface area contributed by atoms with Gasteiger partial charge in [-0.2, -0.15) is 0 Å². The summed E-state index contributed by atoms with van der Waals surface area (Å²) in [5, 5.41) is 3.07. The van der Waals surface area contributed by atoms with Crippen molar-refractivity contribution in [2.75, 3.05) is 27.2 Å². The lowest BCUT2D eigenvalue weighted by atomic mass is 9.91. The highest BCUT2D eigenvalue weighted by molar-refractivity contribution is 5.86. The normalized spacial score (nSPS) is 12.4. The molecule has 4 heteroatoms. The Balaban J connectivity index is 2.17. The molecule has 0 fully saturated rings. The Hall–Kier alpha value is -2.20. The summed E-state index contributed by atoms with van der Waals surface area (Å²) >= 11 is 0. The van der Waals surface area contributed by atoms with E-state index in [2.05, 4.69) is 41.2 Å². The minimum atomic E-state index is -0.373. The van der Waals surface area contributed by atoms with Crippen molar-refractivity contribution in [3.63, 3.8) is 0 Å². The second-order valence-electron chi connectivity index (χ2n) is 6.96. The first-order chi connectivity index (χ1) is 12.0. The average Bonchev–Trinajstić information content (AvgIpc) is 2.60. The van der Waals surface area contributed by atoms with Crippen LogP contribution >= 0.6 is 0 Å². The van der Waals surface area contributed by atoms with Crippen LogP contribution in [0.5, 0.6) is 0 Å². The van der Waals surface area contributed by atoms with E-state index in [-0.39, 0.29) is 11.8 Å². The third-order valence-corrected chi connectivity index (χ3v) is 4.26. The molecule has 0 radical (unpaired) electrons. The highest BCUT2D eigenvalue weighted by atomic mass is 16.1. The lowest BCUT2D eigenvalue weighted by molar-refractivity contribution is -0.121. The number of aromatic nitrogens is 1. The number of hydrogen-bond acceptors (Lipinski definition) is 3. The molecule has 134 valence electrons. The van der Waals surface area contributed by atoms with Crippen molar-refractivity contribution in [2.24, 2.45) is 0 Å². The van der Waals surface area contributed by atoms with E-state index in [9.17, 15) is 4.79 Å². The van der Waals surface area contributed by atoms with E-state index >= 15 is 0 Å². The molecule has 2 aromatic rings. The third-order valence-electron chi connectivity index (χ3n) is 4.26. The molecule has 0 aliphatic heterocycles. The predicted molar refractivity (Wildman–Crippen MR) is 103 cm³/mol. The molecule has 0 bridgehead atoms. The molecule has 0 aliphatic carbocycles. The Bertz CT molecular complexity index is 651. The van der Waals surface area contributed by atoms with E-state index in [0.717, 1.165) is 24.2 Å². The quantitative estimate of drug-likeness (QED) is 0.750. The number of nitrogens with zero attached hydrogens (tertiary/aromatic N) is 2. The number of hydrogen-bond donors (Lipinski definition) is 1. The summed E-state index contributed by atoms with van der Waals surface area (Å²) in [5.41, 5.74) is 3.04. The molecule has 1 N–H and O–H groups in total. The minimum Gasteiger partial charge on any atom is -0.355 e. The predicted octanol–water partition coefficient (Wildman–Crippen LogP) is 3.40. The molecular weight excluding hydrogens is 310 g/mol. The maximum absolute atomic E-state index is 12.8. The number of rotatable bonds is 8. The Labute approximate surface area is 151 Å². The van der Waals surface area contributed by atoms with Gasteiger partial charge in [0.1, 0.15) is 5.92 Å². The molecule has 0 aliphatic rings. The van der Waals surface area contributed by atoms with Gasteiger partial charge < -0.3 is 10.2 Å². The van der Waals surface area contributed by atoms with Crippen LogP contribution in [-0.2, 0) is 4.79 Å². The van der Waals surface area contributed by atoms with Crippen LogP contribution < -0.4 is 5.32 Å². The van der Waals surface area contributed by atoms with Crippen LogP contribution in [0.25, 0.3) is 0 Å². The van der Waals surface area contributed by atoms with Crippen LogP contribution in [0.2, 0.25) is 0 Å². The minimum absolute atomic E-state index is 0.00903. The van der Waals surface area contributed by atoms with Gasteiger partial charge in [-0.25, -0.2) is 0 Å². The first kappa shape index (κ1) is 19.1. The van der Waals surface area contributed by atoms with Gasteiger partial charge in [0.15, 0.2) is 0 Å². The Kier molecular flexibility index (Phi) is 7.14. The first-order valence-corrected chi connectivity index (χ1v) is 8.92. The van der Waals surface area contributed by atoms with Crippen LogP contribution in [0.15, 0.2) is 48.7 Å². The van der Waals surface area contributed by atoms with Crippen molar-refractivity contribution in [3.05, 3.63) is 65.5 Å². The van der Waals surface area contributed by atoms with E-state index in [1.807, 2.05) is 44.4 Å². The molecule has 0 spiro atoms. The second-order valence-corrected chi connectivity index (χ2v) is 6.96. The topological polar surface area (TPSA) is 45.2 Å². The highest BCUT2D eigenvalue weighted by Crippen LogP contribution is 2.25. The summed E-state index contributed by atoms with van der Waals surface area (Å²) in [7, 11) is 4.07. The van der Waals surface area contributed by atoms with Gasteiger partial charge in [0, 0.05) is 12.7 Å². The van der Waals surface area contributed by atoms with E-state index in [0.29, 0.717) is 12.5 Å². The van der Waals surface area contributed by atoms with Crippen molar-refractivity contribution in [3.8, 4) is 0 Å². The Morgan fingerprint density at radius 1 is 1.08 bits per heavy atom. The van der Waals surface area contributed by atoms with Gasteiger partial charge in [-0.15, -0.1) is 0 Å². The Morgan fingerprint density at radius 2 is 1.76 bits per heavy atom. The smallest absolute Gasteiger partial charge is 0.233 e. The number of amides is 1. The molecule has 2 rings (SSSR count). The number of pyridine rings is 1. The van der Waals surface area contributed by atoms with Crippen LogP contribution in [0, 0.1) is 0 Å². The van der Waals surface area contributed by atoms with Crippen molar-refractivity contribution in [2.45, 2.75) is 32.1 Å². The molecule has 0 saturated carbocycles. The lowest BCUT2D eigenvalue weighted by Gasteiger charge is -2.18. The van der Waals surface area contributed by atoms with E-state index in [4.69, 9.17) is 0 Å². The first-order valence-electron chi connectivity index (χ1n) is 8.92. The van der Waals surface area contributed by atoms with Crippen molar-refractivity contribution in [1.29, 1.82) is 0 Å². The number of carbonyl (C=O) groups excluding carboxylic acids is 1. The molecule has 1 heterocycles. The molecule has 1 aromatic carbocycles. The monoisotopic (exact) mass is 339 g/mol. The molecular formula is C21H29N3O. The maximum atomic E-state index is 12.8. The summed E-state index contributed by atoms with van der Waals surface area (Å²) < 4.78 is 0. The van der Waals surface area contributed by atoms with Crippen LogP contribution in [0.3, 0.4) is 0 Å². The molecule has 4 nitrogen and oxygen atoms in total.